The number of nitro benzene ring substituents is 2. The highest BCUT2D eigenvalue weighted by atomic mass is 16.6. The summed E-state index contributed by atoms with van der Waals surface area (Å²) in [5.74, 6) is 0.261. The Morgan fingerprint density at radius 2 is 0.683 bits per heavy atom. The molecule has 4 aliphatic rings. The molecule has 15 heteroatoms. The largest absolute Gasteiger partial charge is 0.508 e. The number of aliphatic hydroxyl groups is 3. The van der Waals surface area contributed by atoms with Gasteiger partial charge < -0.3 is 35.1 Å². The van der Waals surface area contributed by atoms with E-state index in [1.54, 1.807) is 36.4 Å². The molecule has 104 heavy (non-hydrogen) atoms. The lowest BCUT2D eigenvalue weighted by molar-refractivity contribution is -0.385. The van der Waals surface area contributed by atoms with Gasteiger partial charge in [-0.3, -0.25) is 30.0 Å². The van der Waals surface area contributed by atoms with E-state index in [9.17, 15) is 40.7 Å². The van der Waals surface area contributed by atoms with E-state index in [-0.39, 0.29) is 46.8 Å². The Hall–Kier alpha value is -9.68. The van der Waals surface area contributed by atoms with Crippen LogP contribution < -0.4 is 4.90 Å². The van der Waals surface area contributed by atoms with Crippen molar-refractivity contribution in [2.75, 3.05) is 104 Å². The Bertz CT molecular complexity index is 4260. The fraction of sp³-hybridized carbons (Fsp3) is 0.326. The lowest BCUT2D eigenvalue weighted by atomic mass is 9.85. The molecule has 1 spiro atoms. The average molecular weight is 1400 g/mol. The van der Waals surface area contributed by atoms with Gasteiger partial charge in [-0.1, -0.05) is 177 Å². The minimum absolute atomic E-state index is 0.0762. The molecule has 3 heterocycles. The third kappa shape index (κ3) is 20.4. The molecule has 0 amide bonds. The van der Waals surface area contributed by atoms with E-state index < -0.39 is 0 Å². The van der Waals surface area contributed by atoms with Gasteiger partial charge in [0.15, 0.2) is 0 Å². The molecule has 0 unspecified atom stereocenters. The Labute approximate surface area is 614 Å². The number of piperazine rings is 2. The molecule has 4 N–H and O–H groups in total. The van der Waals surface area contributed by atoms with Crippen molar-refractivity contribution >= 4 is 50.5 Å². The zero-order valence-electron chi connectivity index (χ0n) is 60.5. The second-order valence-electron chi connectivity index (χ2n) is 28.3. The summed E-state index contributed by atoms with van der Waals surface area (Å²) in [7, 11) is 4.35. The van der Waals surface area contributed by atoms with Gasteiger partial charge in [-0.2, -0.15) is 0 Å². The third-order valence-electron chi connectivity index (χ3n) is 21.0. The fourth-order valence-electron chi connectivity index (χ4n) is 15.2. The van der Waals surface area contributed by atoms with Crippen molar-refractivity contribution in [1.29, 1.82) is 0 Å². The summed E-state index contributed by atoms with van der Waals surface area (Å²) in [6.45, 7) is 13.4. The monoisotopic (exact) mass is 1400 g/mol. The molecule has 3 aliphatic heterocycles. The number of non-ortho nitro benzene ring substituents is 2. The van der Waals surface area contributed by atoms with Crippen LogP contribution in [0.15, 0.2) is 237 Å². The van der Waals surface area contributed by atoms with Crippen LogP contribution in [0.3, 0.4) is 0 Å². The number of benzene rings is 9. The van der Waals surface area contributed by atoms with Gasteiger partial charge in [0.25, 0.3) is 11.4 Å². The number of phenols is 1. The molecule has 9 aromatic rings. The average Bonchev–Trinajstić information content (AvgIpc) is 1.22. The molecular formula is C89H101N7O8. The fourth-order valence-corrected chi connectivity index (χ4v) is 15.2. The lowest BCUT2D eigenvalue weighted by Crippen LogP contribution is -2.43. The first-order chi connectivity index (χ1) is 50.8. The number of hydrogen-bond donors (Lipinski definition) is 4. The first-order valence-electron chi connectivity index (χ1n) is 37.1. The van der Waals surface area contributed by atoms with Gasteiger partial charge in [-0.25, -0.2) is 0 Å². The van der Waals surface area contributed by atoms with Crippen LogP contribution in [0.25, 0.3) is 33.4 Å². The van der Waals surface area contributed by atoms with Crippen LogP contribution in [0.2, 0.25) is 0 Å². The summed E-state index contributed by atoms with van der Waals surface area (Å²) in [6.07, 6.45) is 10.9. The molecule has 540 valence electrons. The summed E-state index contributed by atoms with van der Waals surface area (Å²) in [6, 6.07) is 78.3. The molecule has 0 atom stereocenters. The first-order valence-corrected chi connectivity index (χ1v) is 37.1. The molecule has 3 saturated heterocycles. The topological polar surface area (TPSA) is 183 Å². The van der Waals surface area contributed by atoms with E-state index >= 15 is 0 Å². The van der Waals surface area contributed by atoms with Crippen molar-refractivity contribution in [1.82, 2.24) is 19.6 Å². The van der Waals surface area contributed by atoms with Gasteiger partial charge in [-0.15, -0.1) is 0 Å². The lowest BCUT2D eigenvalue weighted by Gasteiger charge is -2.32. The molecule has 15 nitrogen and oxygen atoms in total. The van der Waals surface area contributed by atoms with E-state index in [1.165, 1.54) is 54.5 Å². The second-order valence-corrected chi connectivity index (χ2v) is 28.3. The van der Waals surface area contributed by atoms with Crippen LogP contribution in [0.5, 0.6) is 5.75 Å². The Morgan fingerprint density at radius 3 is 1.00 bits per heavy atom. The maximum absolute atomic E-state index is 11.3. The molecular weight excluding hydrogens is 1300 g/mol. The standard InChI is InChI=1S/C31H34N2O3.C29H33N3O3.C29H34N2O2/c34-22-6-9-29(24-7-2-1-3-8-24)30(26-12-16-28(17-13-26)33(35)36)25-10-14-27(15-11-25)32-21-20-31(23-32)18-4-5-19-31;1-30-17-19-31(20-18-30)22-23-9-11-25(12-10-23)29(26-13-15-27(16-14-26)32(34)35)28(8-5-21-33)24-6-3-2-4-7-24;1-30-17-19-31(20-18-30)22-23-9-11-25(12-10-23)29(26-13-15-27(33)16-14-26)28(8-5-21-32)24-6-3-2-4-7-24/h1-3,7-8,10-17,34H,4-6,9,18-23H2;2-4,6-7,9-16,33H,5,8,17-22H2,1H3;2-4,6-7,9-16,32-33H,5,8,17-22H2,1H3/b30-29+;2*29-28+. The van der Waals surface area contributed by atoms with Crippen LogP contribution in [0, 0.1) is 25.6 Å². The molecule has 1 saturated carbocycles. The van der Waals surface area contributed by atoms with Crippen LogP contribution in [0.4, 0.5) is 17.1 Å². The maximum Gasteiger partial charge on any atom is 0.269 e. The molecule has 13 rings (SSSR count). The Kier molecular flexibility index (Phi) is 27.3. The highest BCUT2D eigenvalue weighted by molar-refractivity contribution is 6.01. The predicted octanol–water partition coefficient (Wildman–Crippen LogP) is 17.0. The van der Waals surface area contributed by atoms with E-state index in [0.717, 1.165) is 163 Å². The van der Waals surface area contributed by atoms with Gasteiger partial charge in [0.05, 0.1) is 9.85 Å². The second kappa shape index (κ2) is 37.7. The summed E-state index contributed by atoms with van der Waals surface area (Å²) in [5.41, 5.74) is 20.9. The summed E-state index contributed by atoms with van der Waals surface area (Å²) in [4.78, 5) is 34.0. The number of aliphatic hydroxyl groups excluding tert-OH is 3. The van der Waals surface area contributed by atoms with Gasteiger partial charge in [0.2, 0.25) is 0 Å². The van der Waals surface area contributed by atoms with Crippen LogP contribution in [-0.4, -0.2) is 149 Å². The molecule has 1 aliphatic carbocycles. The third-order valence-corrected chi connectivity index (χ3v) is 21.0. The number of hydrogen-bond acceptors (Lipinski definition) is 13. The van der Waals surface area contributed by atoms with Crippen molar-refractivity contribution in [3.05, 3.63) is 318 Å². The van der Waals surface area contributed by atoms with Crippen LogP contribution in [0.1, 0.15) is 132 Å². The van der Waals surface area contributed by atoms with E-state index in [0.29, 0.717) is 37.5 Å². The highest BCUT2D eigenvalue weighted by Gasteiger charge is 2.40. The summed E-state index contributed by atoms with van der Waals surface area (Å²) >= 11 is 0. The van der Waals surface area contributed by atoms with Gasteiger partial charge >= 0.3 is 0 Å². The number of rotatable bonds is 25. The number of phenolic OH excluding ortho intramolecular Hbond substituents is 1. The first kappa shape index (κ1) is 75.5. The van der Waals surface area contributed by atoms with Crippen molar-refractivity contribution in [2.24, 2.45) is 5.41 Å². The molecule has 4 fully saturated rings. The zero-order valence-corrected chi connectivity index (χ0v) is 60.5. The van der Waals surface area contributed by atoms with Gasteiger partial charge in [0, 0.05) is 128 Å². The number of allylic oxidation sites excluding steroid dienone is 3. The molecule has 0 aromatic heterocycles. The Balaban J connectivity index is 0.000000156. The quantitative estimate of drug-likeness (QED) is 0.0241. The summed E-state index contributed by atoms with van der Waals surface area (Å²) < 4.78 is 0. The van der Waals surface area contributed by atoms with Crippen molar-refractivity contribution in [3.63, 3.8) is 0 Å². The minimum Gasteiger partial charge on any atom is -0.508 e. The van der Waals surface area contributed by atoms with Crippen LogP contribution in [-0.2, 0) is 13.1 Å². The maximum atomic E-state index is 11.3. The van der Waals surface area contributed by atoms with Gasteiger partial charge in [0.1, 0.15) is 5.75 Å². The number of aromatic hydroxyl groups is 1. The van der Waals surface area contributed by atoms with Crippen molar-refractivity contribution < 1.29 is 30.3 Å². The molecule has 0 bridgehead atoms. The Morgan fingerprint density at radius 1 is 0.375 bits per heavy atom. The van der Waals surface area contributed by atoms with E-state index in [1.807, 2.05) is 78.9 Å². The SMILES string of the molecule is CN1CCN(Cc2ccc(/C(=C(/CCCO)c3ccccc3)c3ccc(O)cc3)cc2)CC1.CN1CCN(Cc2ccc(/C(=C(/CCCO)c3ccccc3)c3ccc([N+](=O)[O-])cc3)cc2)CC1.O=[N+]([O-])c1ccc(/C(=C(\CCCO)c2ccccc2)c2ccc(N3CCC4(CCCC4)C3)cc2)cc1. The predicted molar refractivity (Wildman–Crippen MR) is 423 cm³/mol. The minimum atomic E-state index is -0.371. The zero-order chi connectivity index (χ0) is 72.6. The van der Waals surface area contributed by atoms with Gasteiger partial charge in [-0.05, 0) is 220 Å². The summed E-state index contributed by atoms with van der Waals surface area (Å²) in [5, 5.41) is 61.1. The molecule has 9 aromatic carbocycles. The normalized spacial score (nSPS) is 16.3. The van der Waals surface area contributed by atoms with Crippen molar-refractivity contribution in [2.45, 2.75) is 83.7 Å². The highest BCUT2D eigenvalue weighted by Crippen LogP contribution is 2.47. The number of nitrogens with zero attached hydrogens (tertiary/aromatic N) is 7. The number of anilines is 1. The number of likely N-dealkylation sites (N-methyl/N-ethyl adjacent to an activating group) is 2. The van der Waals surface area contributed by atoms with Crippen LogP contribution >= 0.6 is 0 Å². The number of nitro groups is 2. The van der Waals surface area contributed by atoms with E-state index in [4.69, 9.17) is 0 Å². The molecule has 0 radical (unpaired) electrons. The van der Waals surface area contributed by atoms with E-state index in [2.05, 4.69) is 160 Å². The smallest absolute Gasteiger partial charge is 0.269 e. The van der Waals surface area contributed by atoms with Crippen molar-refractivity contribution in [3.8, 4) is 5.75 Å².